The van der Waals surface area contributed by atoms with Gasteiger partial charge in [-0.05, 0) is 29.8 Å². The molecule has 1 fully saturated rings. The molecule has 5 heterocycles. The highest BCUT2D eigenvalue weighted by atomic mass is 32.2. The Labute approximate surface area is 214 Å². The van der Waals surface area contributed by atoms with E-state index in [4.69, 9.17) is 0 Å². The highest BCUT2D eigenvalue weighted by Crippen LogP contribution is 2.46. The zero-order valence-electron chi connectivity index (χ0n) is 19.3. The molecule has 2 atom stereocenters. The summed E-state index contributed by atoms with van der Waals surface area (Å²) in [5.41, 5.74) is 1.94. The molecule has 3 aliphatic heterocycles. The second-order valence-corrected chi connectivity index (χ2v) is 10.4. The van der Waals surface area contributed by atoms with E-state index < -0.39 is 40.9 Å². The summed E-state index contributed by atoms with van der Waals surface area (Å²) in [4.78, 5) is 27.5. The van der Waals surface area contributed by atoms with Gasteiger partial charge in [0.2, 0.25) is 5.43 Å². The average Bonchev–Trinajstić information content (AvgIpc) is 3.35. The number of hydrogen-bond acceptors (Lipinski definition) is 5. The Morgan fingerprint density at radius 2 is 1.78 bits per heavy atom. The van der Waals surface area contributed by atoms with Crippen LogP contribution in [0, 0.1) is 11.6 Å². The first-order chi connectivity index (χ1) is 18.0. The number of carbonyl (C=O) groups is 1. The van der Waals surface area contributed by atoms with Gasteiger partial charge in [0.15, 0.2) is 23.1 Å². The van der Waals surface area contributed by atoms with Crippen LogP contribution in [0.1, 0.15) is 27.7 Å². The predicted octanol–water partition coefficient (Wildman–Crippen LogP) is 3.86. The minimum atomic E-state index is -0.957. The number of nitrogens with zero attached hydrogens (tertiary/aromatic N) is 4. The smallest absolute Gasteiger partial charge is 0.278 e. The lowest BCUT2D eigenvalue weighted by molar-refractivity contribution is 0.0588. The van der Waals surface area contributed by atoms with Crippen LogP contribution in [0.2, 0.25) is 0 Å². The lowest BCUT2D eigenvalue weighted by atomic mass is 9.92. The number of para-hydroxylation sites is 1. The summed E-state index contributed by atoms with van der Waals surface area (Å²) in [6, 6.07) is 14.4. The van der Waals surface area contributed by atoms with E-state index in [1.165, 1.54) is 16.9 Å². The summed E-state index contributed by atoms with van der Waals surface area (Å²) < 4.78 is 33.6. The van der Waals surface area contributed by atoms with Gasteiger partial charge in [-0.2, -0.15) is 11.8 Å². The molecule has 0 bridgehead atoms. The molecule has 7 nitrogen and oxygen atoms in total. The Bertz CT molecular complexity index is 1670. The number of fused-ring (bicyclic) bond motifs is 7. The van der Waals surface area contributed by atoms with E-state index in [1.54, 1.807) is 34.9 Å². The SMILES string of the molecule is O=C1c2c(O)c(=O)ccn2N([C@@H]2c3ccccc3-n3cccc3-c3c2ccc(F)c3F)[C@@H]2CSCCN12. The molecule has 2 aromatic heterocycles. The molecule has 7 rings (SSSR count). The van der Waals surface area contributed by atoms with Crippen LogP contribution >= 0.6 is 11.8 Å². The summed E-state index contributed by atoms with van der Waals surface area (Å²) in [5.74, 6) is -1.72. The molecular weight excluding hydrogens is 498 g/mol. The Balaban J connectivity index is 1.59. The number of hydrogen-bond donors (Lipinski definition) is 1. The number of aromatic hydroxyl groups is 1. The molecule has 0 radical (unpaired) electrons. The van der Waals surface area contributed by atoms with Gasteiger partial charge in [-0.1, -0.05) is 24.3 Å². The Morgan fingerprint density at radius 3 is 2.65 bits per heavy atom. The molecule has 4 aromatic rings. The fourth-order valence-corrected chi connectivity index (χ4v) is 6.81. The first kappa shape index (κ1) is 22.2. The third kappa shape index (κ3) is 2.99. The Kier molecular flexibility index (Phi) is 4.78. The molecule has 2 aromatic carbocycles. The number of thioether (sulfide) groups is 1. The van der Waals surface area contributed by atoms with Crippen molar-refractivity contribution in [2.24, 2.45) is 0 Å². The second-order valence-electron chi connectivity index (χ2n) is 9.21. The number of pyridine rings is 1. The minimum Gasteiger partial charge on any atom is -0.502 e. The molecule has 1 N–H and O–H groups in total. The van der Waals surface area contributed by atoms with Crippen LogP contribution in [0.15, 0.2) is 71.8 Å². The summed E-state index contributed by atoms with van der Waals surface area (Å²) >= 11 is 1.68. The third-order valence-electron chi connectivity index (χ3n) is 7.36. The van der Waals surface area contributed by atoms with Crippen molar-refractivity contribution in [1.82, 2.24) is 14.1 Å². The predicted molar refractivity (Wildman–Crippen MR) is 136 cm³/mol. The Hall–Kier alpha value is -4.05. The van der Waals surface area contributed by atoms with Crippen LogP contribution in [0.25, 0.3) is 16.9 Å². The van der Waals surface area contributed by atoms with Gasteiger partial charge in [-0.15, -0.1) is 0 Å². The van der Waals surface area contributed by atoms with Gasteiger partial charge < -0.3 is 14.6 Å². The summed E-state index contributed by atoms with van der Waals surface area (Å²) in [5, 5.41) is 12.6. The maximum absolute atomic E-state index is 15.6. The topological polar surface area (TPSA) is 70.7 Å². The molecule has 10 heteroatoms. The summed E-state index contributed by atoms with van der Waals surface area (Å²) in [7, 11) is 0. The summed E-state index contributed by atoms with van der Waals surface area (Å²) in [6.45, 7) is 0.423. The van der Waals surface area contributed by atoms with Gasteiger partial charge >= 0.3 is 0 Å². The lowest BCUT2D eigenvalue weighted by Gasteiger charge is -2.51. The second kappa shape index (κ2) is 7.97. The summed E-state index contributed by atoms with van der Waals surface area (Å²) in [6.07, 6.45) is 2.82. The van der Waals surface area contributed by atoms with Crippen LogP contribution < -0.4 is 10.4 Å². The van der Waals surface area contributed by atoms with E-state index in [0.29, 0.717) is 29.3 Å². The van der Waals surface area contributed by atoms with Gasteiger partial charge in [0.05, 0.1) is 11.4 Å². The van der Waals surface area contributed by atoms with Crippen LogP contribution in [0.4, 0.5) is 8.78 Å². The van der Waals surface area contributed by atoms with Crippen LogP contribution in [0.5, 0.6) is 5.75 Å². The molecule has 0 spiro atoms. The molecular formula is C27H20F2N4O3S. The standard InChI is InChI=1S/C27H20F2N4O3S/c28-17-8-7-16-22(23(17)29)19-6-3-10-30(19)18-5-2-1-4-15(18)24(16)33-21-14-37-13-12-31(21)27(36)25-26(35)20(34)9-11-32(25)33/h1-11,21,24,35H,12-14H2/t21-,24-/m1/s1. The average molecular weight is 519 g/mol. The van der Waals surface area contributed by atoms with E-state index in [1.807, 2.05) is 40.0 Å². The first-order valence-electron chi connectivity index (χ1n) is 11.8. The van der Waals surface area contributed by atoms with Crippen LogP contribution in [-0.4, -0.2) is 49.4 Å². The largest absolute Gasteiger partial charge is 0.502 e. The molecule has 3 aliphatic rings. The third-order valence-corrected chi connectivity index (χ3v) is 8.36. The van der Waals surface area contributed by atoms with Crippen molar-refractivity contribution < 1.29 is 18.7 Å². The molecule has 0 saturated carbocycles. The van der Waals surface area contributed by atoms with Gasteiger partial charge in [-0.25, -0.2) is 8.78 Å². The lowest BCUT2D eigenvalue weighted by Crippen LogP contribution is -2.65. The first-order valence-corrected chi connectivity index (χ1v) is 13.0. The number of rotatable bonds is 1. The van der Waals surface area contributed by atoms with Gasteiger partial charge in [0.1, 0.15) is 12.2 Å². The van der Waals surface area contributed by atoms with Gasteiger partial charge in [0.25, 0.3) is 5.91 Å². The molecule has 1 amide bonds. The van der Waals surface area contributed by atoms with E-state index in [-0.39, 0.29) is 11.3 Å². The maximum Gasteiger partial charge on any atom is 0.278 e. The van der Waals surface area contributed by atoms with E-state index in [9.17, 15) is 19.1 Å². The maximum atomic E-state index is 15.6. The monoisotopic (exact) mass is 518 g/mol. The van der Waals surface area contributed by atoms with Crippen molar-refractivity contribution in [1.29, 1.82) is 0 Å². The number of benzene rings is 2. The van der Waals surface area contributed by atoms with Crippen molar-refractivity contribution in [3.8, 4) is 22.7 Å². The normalized spacial score (nSPS) is 19.9. The molecule has 0 aliphatic carbocycles. The Morgan fingerprint density at radius 1 is 0.946 bits per heavy atom. The van der Waals surface area contributed by atoms with E-state index in [2.05, 4.69) is 0 Å². The zero-order chi connectivity index (χ0) is 25.4. The highest BCUT2D eigenvalue weighted by Gasteiger charge is 2.46. The molecule has 37 heavy (non-hydrogen) atoms. The van der Waals surface area contributed by atoms with Gasteiger partial charge in [0, 0.05) is 47.6 Å². The fourth-order valence-electron chi connectivity index (χ4n) is 5.77. The van der Waals surface area contributed by atoms with Crippen molar-refractivity contribution in [2.75, 3.05) is 23.1 Å². The molecule has 1 saturated heterocycles. The number of amides is 1. The molecule has 186 valence electrons. The van der Waals surface area contributed by atoms with Gasteiger partial charge in [-0.3, -0.25) is 19.3 Å². The van der Waals surface area contributed by atoms with Crippen molar-refractivity contribution in [2.45, 2.75) is 12.2 Å². The quantitative estimate of drug-likeness (QED) is 0.415. The molecule has 0 unspecified atom stereocenters. The fraction of sp³-hybridized carbons (Fsp3) is 0.185. The number of halogens is 2. The van der Waals surface area contributed by atoms with Crippen molar-refractivity contribution in [3.05, 3.63) is 106 Å². The van der Waals surface area contributed by atoms with Crippen molar-refractivity contribution in [3.63, 3.8) is 0 Å². The number of carbonyl (C=O) groups excluding carboxylic acids is 1. The van der Waals surface area contributed by atoms with E-state index >= 15 is 4.39 Å². The van der Waals surface area contributed by atoms with Crippen LogP contribution in [0.3, 0.4) is 0 Å². The minimum absolute atomic E-state index is 0.130. The number of aromatic nitrogens is 2. The van der Waals surface area contributed by atoms with Crippen molar-refractivity contribution >= 4 is 17.7 Å². The van der Waals surface area contributed by atoms with Crippen LogP contribution in [-0.2, 0) is 0 Å². The highest BCUT2D eigenvalue weighted by molar-refractivity contribution is 7.99. The zero-order valence-corrected chi connectivity index (χ0v) is 20.2. The van der Waals surface area contributed by atoms with E-state index in [0.717, 1.165) is 17.3 Å².